The summed E-state index contributed by atoms with van der Waals surface area (Å²) in [6.07, 6.45) is 1.48. The molecule has 0 saturated carbocycles. The van der Waals surface area contributed by atoms with Gasteiger partial charge in [-0.15, -0.1) is 0 Å². The number of hydrogen-bond acceptors (Lipinski definition) is 3. The summed E-state index contributed by atoms with van der Waals surface area (Å²) in [5.74, 6) is -0.708. The average Bonchev–Trinajstić information content (AvgIpc) is 2.64. The smallest absolute Gasteiger partial charge is 0.233 e. The molecule has 0 aliphatic carbocycles. The van der Waals surface area contributed by atoms with E-state index in [1.165, 1.54) is 0 Å². The molecule has 124 valence electrons. The van der Waals surface area contributed by atoms with Crippen LogP contribution >= 0.6 is 0 Å². The molecule has 1 atom stereocenters. The predicted molar refractivity (Wildman–Crippen MR) is 94.9 cm³/mol. The molecule has 1 fully saturated rings. The van der Waals surface area contributed by atoms with E-state index in [2.05, 4.69) is 5.32 Å². The van der Waals surface area contributed by atoms with Crippen molar-refractivity contribution in [1.29, 1.82) is 0 Å². The fraction of sp³-hybridized carbons (Fsp3) is 0.300. The minimum Gasteiger partial charge on any atom is -0.388 e. The molecule has 1 aliphatic rings. The fourth-order valence-electron chi connectivity index (χ4n) is 3.25. The zero-order valence-corrected chi connectivity index (χ0v) is 13.9. The maximum Gasteiger partial charge on any atom is 0.233 e. The van der Waals surface area contributed by atoms with E-state index in [1.54, 1.807) is 13.1 Å². The highest BCUT2D eigenvalue weighted by Crippen LogP contribution is 2.26. The van der Waals surface area contributed by atoms with Gasteiger partial charge in [0, 0.05) is 31.4 Å². The second-order valence-electron chi connectivity index (χ2n) is 6.10. The Morgan fingerprint density at radius 1 is 1.12 bits per heavy atom. The second kappa shape index (κ2) is 7.30. The Hall–Kier alpha value is -2.62. The number of likely N-dealkylation sites (tertiary alicyclic amines) is 1. The number of piperidine rings is 1. The summed E-state index contributed by atoms with van der Waals surface area (Å²) in [5.41, 5.74) is 2.46. The molecular formula is C20H22N2O2. The lowest BCUT2D eigenvalue weighted by molar-refractivity contribution is -0.137. The van der Waals surface area contributed by atoms with Gasteiger partial charge in [-0.1, -0.05) is 42.5 Å². The van der Waals surface area contributed by atoms with E-state index in [0.29, 0.717) is 25.1 Å². The van der Waals surface area contributed by atoms with Crippen LogP contribution < -0.4 is 5.32 Å². The van der Waals surface area contributed by atoms with Gasteiger partial charge in [-0.2, -0.15) is 0 Å². The van der Waals surface area contributed by atoms with E-state index in [0.717, 1.165) is 17.7 Å². The number of benzene rings is 2. The number of para-hydroxylation sites is 1. The molecule has 1 N–H and O–H groups in total. The summed E-state index contributed by atoms with van der Waals surface area (Å²) in [7, 11) is 1.79. The molecule has 1 heterocycles. The summed E-state index contributed by atoms with van der Waals surface area (Å²) in [6, 6.07) is 17.3. The zero-order chi connectivity index (χ0) is 16.9. The fourth-order valence-corrected chi connectivity index (χ4v) is 3.25. The molecule has 1 unspecified atom stereocenters. The number of amides is 1. The van der Waals surface area contributed by atoms with Crippen molar-refractivity contribution in [3.8, 4) is 0 Å². The lowest BCUT2D eigenvalue weighted by Crippen LogP contribution is -2.43. The van der Waals surface area contributed by atoms with Crippen molar-refractivity contribution in [3.05, 3.63) is 65.7 Å². The number of rotatable bonds is 5. The minimum atomic E-state index is -0.572. The lowest BCUT2D eigenvalue weighted by atomic mass is 9.88. The van der Waals surface area contributed by atoms with Crippen LogP contribution in [0, 0.1) is 5.92 Å². The molecule has 4 nitrogen and oxygen atoms in total. The Bertz CT molecular complexity index is 727. The third-order valence-electron chi connectivity index (χ3n) is 4.53. The molecule has 0 spiro atoms. The van der Waals surface area contributed by atoms with E-state index in [-0.39, 0.29) is 11.7 Å². The normalized spacial score (nSPS) is 17.6. The Kier molecular flexibility index (Phi) is 4.94. The Labute approximate surface area is 142 Å². The first kappa shape index (κ1) is 16.2. The molecule has 1 saturated heterocycles. The van der Waals surface area contributed by atoms with Gasteiger partial charge in [0.2, 0.25) is 5.91 Å². The SMILES string of the molecule is CNc1ccccc1C(=O)C1CCCN(Cc2ccccc2)C1=O. The van der Waals surface area contributed by atoms with Crippen molar-refractivity contribution in [2.75, 3.05) is 18.9 Å². The van der Waals surface area contributed by atoms with Crippen molar-refractivity contribution < 1.29 is 9.59 Å². The highest BCUT2D eigenvalue weighted by molar-refractivity contribution is 6.12. The molecular weight excluding hydrogens is 300 g/mol. The minimum absolute atomic E-state index is 0.0546. The summed E-state index contributed by atoms with van der Waals surface area (Å²) in [5, 5.41) is 3.04. The molecule has 4 heteroatoms. The Morgan fingerprint density at radius 2 is 1.83 bits per heavy atom. The van der Waals surface area contributed by atoms with Crippen LogP contribution in [0.3, 0.4) is 0 Å². The van der Waals surface area contributed by atoms with Crippen LogP contribution in [0.25, 0.3) is 0 Å². The van der Waals surface area contributed by atoms with Crippen molar-refractivity contribution in [1.82, 2.24) is 4.90 Å². The second-order valence-corrected chi connectivity index (χ2v) is 6.10. The van der Waals surface area contributed by atoms with Crippen LogP contribution in [0.4, 0.5) is 5.69 Å². The number of Topliss-reactive ketones (excluding diaryl/α,β-unsaturated/α-hetero) is 1. The van der Waals surface area contributed by atoms with Gasteiger partial charge in [0.05, 0.1) is 0 Å². The van der Waals surface area contributed by atoms with Gasteiger partial charge in [-0.25, -0.2) is 0 Å². The van der Waals surface area contributed by atoms with Gasteiger partial charge >= 0.3 is 0 Å². The maximum atomic E-state index is 12.9. The highest BCUT2D eigenvalue weighted by Gasteiger charge is 2.35. The van der Waals surface area contributed by atoms with Crippen molar-refractivity contribution in [2.24, 2.45) is 5.92 Å². The Morgan fingerprint density at radius 3 is 2.58 bits per heavy atom. The molecule has 1 amide bonds. The summed E-state index contributed by atoms with van der Waals surface area (Å²) >= 11 is 0. The van der Waals surface area contributed by atoms with Crippen molar-refractivity contribution >= 4 is 17.4 Å². The van der Waals surface area contributed by atoms with Gasteiger partial charge in [0.1, 0.15) is 5.92 Å². The van der Waals surface area contributed by atoms with Crippen LogP contribution in [-0.2, 0) is 11.3 Å². The molecule has 1 aliphatic heterocycles. The van der Waals surface area contributed by atoms with Crippen molar-refractivity contribution in [2.45, 2.75) is 19.4 Å². The molecule has 2 aromatic rings. The summed E-state index contributed by atoms with van der Waals surface area (Å²) in [4.78, 5) is 27.5. The quantitative estimate of drug-likeness (QED) is 0.678. The average molecular weight is 322 g/mol. The number of carbonyl (C=O) groups is 2. The zero-order valence-electron chi connectivity index (χ0n) is 13.9. The largest absolute Gasteiger partial charge is 0.388 e. The van der Waals surface area contributed by atoms with E-state index >= 15 is 0 Å². The first-order valence-corrected chi connectivity index (χ1v) is 8.34. The van der Waals surface area contributed by atoms with Crippen LogP contribution in [0.15, 0.2) is 54.6 Å². The number of nitrogens with zero attached hydrogens (tertiary/aromatic N) is 1. The first-order valence-electron chi connectivity index (χ1n) is 8.34. The first-order chi connectivity index (χ1) is 11.7. The topological polar surface area (TPSA) is 49.4 Å². The summed E-state index contributed by atoms with van der Waals surface area (Å²) in [6.45, 7) is 1.28. The molecule has 0 aromatic heterocycles. The van der Waals surface area contributed by atoms with Gasteiger partial charge in [0.25, 0.3) is 0 Å². The monoisotopic (exact) mass is 322 g/mol. The lowest BCUT2D eigenvalue weighted by Gasteiger charge is -2.32. The standard InChI is InChI=1S/C20H22N2O2/c1-21-18-12-6-5-10-16(18)19(23)17-11-7-13-22(20(17)24)14-15-8-3-2-4-9-15/h2-6,8-10,12,17,21H,7,11,13-14H2,1H3. The number of ketones is 1. The van der Waals surface area contributed by atoms with Gasteiger partial charge in [-0.05, 0) is 30.5 Å². The maximum absolute atomic E-state index is 12.9. The third-order valence-corrected chi connectivity index (χ3v) is 4.53. The van der Waals surface area contributed by atoms with Gasteiger partial charge in [0.15, 0.2) is 5.78 Å². The van der Waals surface area contributed by atoms with E-state index in [9.17, 15) is 9.59 Å². The van der Waals surface area contributed by atoms with E-state index < -0.39 is 5.92 Å². The van der Waals surface area contributed by atoms with Gasteiger partial charge in [-0.3, -0.25) is 9.59 Å². The Balaban J connectivity index is 1.78. The van der Waals surface area contributed by atoms with Crippen molar-refractivity contribution in [3.63, 3.8) is 0 Å². The predicted octanol–water partition coefficient (Wildman–Crippen LogP) is 3.35. The van der Waals surface area contributed by atoms with E-state index in [1.807, 2.05) is 53.4 Å². The molecule has 24 heavy (non-hydrogen) atoms. The van der Waals surface area contributed by atoms with Crippen LogP contribution in [0.5, 0.6) is 0 Å². The number of anilines is 1. The van der Waals surface area contributed by atoms with Gasteiger partial charge < -0.3 is 10.2 Å². The van der Waals surface area contributed by atoms with Crippen LogP contribution in [0.1, 0.15) is 28.8 Å². The molecule has 2 aromatic carbocycles. The van der Waals surface area contributed by atoms with Crippen LogP contribution in [0.2, 0.25) is 0 Å². The number of nitrogens with one attached hydrogen (secondary N) is 1. The molecule has 0 radical (unpaired) electrons. The number of carbonyl (C=O) groups excluding carboxylic acids is 2. The van der Waals surface area contributed by atoms with Crippen LogP contribution in [-0.4, -0.2) is 30.2 Å². The van der Waals surface area contributed by atoms with E-state index in [4.69, 9.17) is 0 Å². The molecule has 3 rings (SSSR count). The molecule has 0 bridgehead atoms. The number of hydrogen-bond donors (Lipinski definition) is 1. The summed E-state index contributed by atoms with van der Waals surface area (Å²) < 4.78 is 0. The highest BCUT2D eigenvalue weighted by atomic mass is 16.2. The third kappa shape index (κ3) is 3.32.